The average molecular weight is 185 g/mol. The van der Waals surface area contributed by atoms with Crippen LogP contribution in [0, 0.1) is 5.92 Å². The van der Waals surface area contributed by atoms with Crippen LogP contribution in [0.15, 0.2) is 0 Å². The second-order valence-electron chi connectivity index (χ2n) is 4.02. The molecule has 0 amide bonds. The fourth-order valence-electron chi connectivity index (χ4n) is 1.80. The molecule has 13 heavy (non-hydrogen) atoms. The molecule has 0 aromatic carbocycles. The lowest BCUT2D eigenvalue weighted by molar-refractivity contribution is 0.403. The Morgan fingerprint density at radius 1 is 1.00 bits per heavy atom. The quantitative estimate of drug-likeness (QED) is 0.541. The maximum Gasteiger partial charge on any atom is -0.00518 e. The highest BCUT2D eigenvalue weighted by atomic mass is 14.8. The van der Waals surface area contributed by atoms with Crippen LogP contribution in [0.4, 0.5) is 0 Å². The summed E-state index contributed by atoms with van der Waals surface area (Å²) < 4.78 is 0. The van der Waals surface area contributed by atoms with Gasteiger partial charge in [-0.3, -0.25) is 0 Å². The van der Waals surface area contributed by atoms with Crippen LogP contribution in [0.1, 0.15) is 58.8 Å². The Hall–Kier alpha value is -0.0400. The lowest BCUT2D eigenvalue weighted by Crippen LogP contribution is -2.09. The number of rotatable bonds is 9. The van der Waals surface area contributed by atoms with Gasteiger partial charge in [0, 0.05) is 0 Å². The van der Waals surface area contributed by atoms with Crippen LogP contribution in [-0.4, -0.2) is 13.6 Å². The highest BCUT2D eigenvalue weighted by Gasteiger charge is 2.04. The zero-order valence-electron chi connectivity index (χ0n) is 9.73. The van der Waals surface area contributed by atoms with Gasteiger partial charge >= 0.3 is 0 Å². The molecular formula is C12H27N. The van der Waals surface area contributed by atoms with Crippen LogP contribution >= 0.6 is 0 Å². The van der Waals surface area contributed by atoms with E-state index in [1.54, 1.807) is 0 Å². The average Bonchev–Trinajstić information content (AvgIpc) is 2.16. The Bertz CT molecular complexity index is 81.1. The van der Waals surface area contributed by atoms with Gasteiger partial charge in [0.25, 0.3) is 0 Å². The first kappa shape index (κ1) is 13.0. The summed E-state index contributed by atoms with van der Waals surface area (Å²) in [5, 5.41) is 3.21. The van der Waals surface area contributed by atoms with Gasteiger partial charge in [-0.2, -0.15) is 0 Å². The van der Waals surface area contributed by atoms with Crippen molar-refractivity contribution in [1.82, 2.24) is 5.32 Å². The van der Waals surface area contributed by atoms with E-state index in [2.05, 4.69) is 19.2 Å². The first-order chi connectivity index (χ1) is 6.35. The van der Waals surface area contributed by atoms with Crippen molar-refractivity contribution in [3.63, 3.8) is 0 Å². The Balaban J connectivity index is 3.28. The van der Waals surface area contributed by atoms with E-state index in [9.17, 15) is 0 Å². The van der Waals surface area contributed by atoms with Crippen molar-refractivity contribution in [3.8, 4) is 0 Å². The lowest BCUT2D eigenvalue weighted by atomic mass is 9.94. The van der Waals surface area contributed by atoms with Gasteiger partial charge in [-0.1, -0.05) is 46.0 Å². The molecule has 0 heterocycles. The molecule has 0 bridgehead atoms. The van der Waals surface area contributed by atoms with Crippen molar-refractivity contribution in [2.24, 2.45) is 5.92 Å². The summed E-state index contributed by atoms with van der Waals surface area (Å²) in [4.78, 5) is 0. The summed E-state index contributed by atoms with van der Waals surface area (Å²) in [5.41, 5.74) is 0. The molecule has 0 radical (unpaired) electrons. The summed E-state index contributed by atoms with van der Waals surface area (Å²) in [6.45, 7) is 5.79. The second kappa shape index (κ2) is 10.0. The van der Waals surface area contributed by atoms with Gasteiger partial charge in [0.1, 0.15) is 0 Å². The van der Waals surface area contributed by atoms with Crippen molar-refractivity contribution in [3.05, 3.63) is 0 Å². The van der Waals surface area contributed by atoms with Crippen LogP contribution in [0.25, 0.3) is 0 Å². The number of hydrogen-bond acceptors (Lipinski definition) is 1. The minimum Gasteiger partial charge on any atom is -0.320 e. The van der Waals surface area contributed by atoms with Gasteiger partial charge in [0.15, 0.2) is 0 Å². The monoisotopic (exact) mass is 185 g/mol. The van der Waals surface area contributed by atoms with Crippen LogP contribution in [0.3, 0.4) is 0 Å². The molecule has 0 saturated heterocycles. The van der Waals surface area contributed by atoms with Crippen molar-refractivity contribution >= 4 is 0 Å². The van der Waals surface area contributed by atoms with Crippen LogP contribution in [0.2, 0.25) is 0 Å². The summed E-state index contributed by atoms with van der Waals surface area (Å²) in [6, 6.07) is 0. The molecule has 1 N–H and O–H groups in total. The molecule has 0 aromatic heterocycles. The lowest BCUT2D eigenvalue weighted by Gasteiger charge is -2.13. The molecule has 0 aliphatic carbocycles. The molecule has 80 valence electrons. The third-order valence-corrected chi connectivity index (χ3v) is 2.83. The fourth-order valence-corrected chi connectivity index (χ4v) is 1.80. The molecule has 0 spiro atoms. The summed E-state index contributed by atoms with van der Waals surface area (Å²) in [5.74, 6) is 0.986. The fraction of sp³-hybridized carbons (Fsp3) is 1.00. The van der Waals surface area contributed by atoms with E-state index >= 15 is 0 Å². The smallest absolute Gasteiger partial charge is 0.00518 e. The van der Waals surface area contributed by atoms with Crippen LogP contribution in [0.5, 0.6) is 0 Å². The normalized spacial score (nSPS) is 13.2. The molecule has 1 nitrogen and oxygen atoms in total. The molecule has 1 atom stereocenters. The molecule has 1 unspecified atom stereocenters. The largest absolute Gasteiger partial charge is 0.320 e. The van der Waals surface area contributed by atoms with Gasteiger partial charge < -0.3 is 5.32 Å². The Morgan fingerprint density at radius 2 is 1.69 bits per heavy atom. The highest BCUT2D eigenvalue weighted by molar-refractivity contribution is 4.58. The van der Waals surface area contributed by atoms with Crippen molar-refractivity contribution in [2.75, 3.05) is 13.6 Å². The number of nitrogens with one attached hydrogen (secondary N) is 1. The molecule has 0 rings (SSSR count). The first-order valence-electron chi connectivity index (χ1n) is 5.99. The standard InChI is InChI=1S/C12H27N/c1-4-6-7-9-12(5-2)10-8-11-13-3/h12-13H,4-11H2,1-3H3. The Kier molecular flexibility index (Phi) is 10.0. The van der Waals surface area contributed by atoms with Crippen LogP contribution in [-0.2, 0) is 0 Å². The van der Waals surface area contributed by atoms with Crippen molar-refractivity contribution in [1.29, 1.82) is 0 Å². The van der Waals surface area contributed by atoms with Crippen LogP contribution < -0.4 is 5.32 Å². The SMILES string of the molecule is CCCCCC(CC)CCCNC. The Morgan fingerprint density at radius 3 is 2.23 bits per heavy atom. The molecule has 0 saturated carbocycles. The third-order valence-electron chi connectivity index (χ3n) is 2.83. The molecular weight excluding hydrogens is 158 g/mol. The van der Waals surface area contributed by atoms with E-state index in [0.29, 0.717) is 0 Å². The van der Waals surface area contributed by atoms with E-state index in [4.69, 9.17) is 0 Å². The van der Waals surface area contributed by atoms with E-state index in [1.807, 2.05) is 7.05 Å². The highest BCUT2D eigenvalue weighted by Crippen LogP contribution is 2.18. The summed E-state index contributed by atoms with van der Waals surface area (Å²) in [6.07, 6.45) is 9.80. The molecule has 0 aliphatic rings. The van der Waals surface area contributed by atoms with Gasteiger partial charge in [-0.05, 0) is 32.4 Å². The Labute approximate surface area is 84.3 Å². The van der Waals surface area contributed by atoms with Gasteiger partial charge in [-0.15, -0.1) is 0 Å². The zero-order valence-corrected chi connectivity index (χ0v) is 9.73. The predicted octanol–water partition coefficient (Wildman–Crippen LogP) is 3.59. The third kappa shape index (κ3) is 8.29. The molecule has 0 fully saturated rings. The zero-order chi connectivity index (χ0) is 9.94. The number of hydrogen-bond donors (Lipinski definition) is 1. The van der Waals surface area contributed by atoms with E-state index < -0.39 is 0 Å². The maximum absolute atomic E-state index is 3.21. The van der Waals surface area contributed by atoms with Gasteiger partial charge in [0.2, 0.25) is 0 Å². The molecule has 1 heteroatoms. The van der Waals surface area contributed by atoms with E-state index in [0.717, 1.165) is 5.92 Å². The molecule has 0 aliphatic heterocycles. The summed E-state index contributed by atoms with van der Waals surface area (Å²) >= 11 is 0. The van der Waals surface area contributed by atoms with Gasteiger partial charge in [0.05, 0.1) is 0 Å². The minimum absolute atomic E-state index is 0.986. The van der Waals surface area contributed by atoms with Gasteiger partial charge in [-0.25, -0.2) is 0 Å². The predicted molar refractivity (Wildman–Crippen MR) is 61.1 cm³/mol. The van der Waals surface area contributed by atoms with Crippen molar-refractivity contribution < 1.29 is 0 Å². The minimum atomic E-state index is 0.986. The molecule has 0 aromatic rings. The van der Waals surface area contributed by atoms with E-state index in [-0.39, 0.29) is 0 Å². The maximum atomic E-state index is 3.21. The summed E-state index contributed by atoms with van der Waals surface area (Å²) in [7, 11) is 2.04. The van der Waals surface area contributed by atoms with Crippen molar-refractivity contribution in [2.45, 2.75) is 58.8 Å². The second-order valence-corrected chi connectivity index (χ2v) is 4.02. The topological polar surface area (TPSA) is 12.0 Å². The first-order valence-corrected chi connectivity index (χ1v) is 5.99. The number of unbranched alkanes of at least 4 members (excludes halogenated alkanes) is 2. The van der Waals surface area contributed by atoms with E-state index in [1.165, 1.54) is 51.5 Å².